The van der Waals surface area contributed by atoms with Gasteiger partial charge in [-0.05, 0) is 26.8 Å². The highest BCUT2D eigenvalue weighted by Gasteiger charge is 1.96. The zero-order valence-corrected chi connectivity index (χ0v) is 7.22. The molecule has 0 N–H and O–H groups in total. The summed E-state index contributed by atoms with van der Waals surface area (Å²) in [4.78, 5) is 2.22. The van der Waals surface area contributed by atoms with Crippen molar-refractivity contribution in [1.82, 2.24) is 4.90 Å². The maximum absolute atomic E-state index is 3.93. The van der Waals surface area contributed by atoms with E-state index in [9.17, 15) is 0 Å². The highest BCUT2D eigenvalue weighted by molar-refractivity contribution is 5.11. The topological polar surface area (TPSA) is 3.24 Å². The minimum atomic E-state index is 1.04. The van der Waals surface area contributed by atoms with Crippen LogP contribution in [0, 0.1) is 0 Å². The molecule has 0 radical (unpaired) electrons. The van der Waals surface area contributed by atoms with Crippen molar-refractivity contribution in [1.29, 1.82) is 0 Å². The van der Waals surface area contributed by atoms with Gasteiger partial charge in [-0.2, -0.15) is 0 Å². The molecule has 0 aromatic rings. The summed E-state index contributed by atoms with van der Waals surface area (Å²) in [5.41, 5.74) is 1.10. The fraction of sp³-hybridized carbons (Fsp3) is 0.556. The molecule has 0 amide bonds. The molecule has 0 unspecified atom stereocenters. The van der Waals surface area contributed by atoms with Crippen molar-refractivity contribution in [2.24, 2.45) is 0 Å². The van der Waals surface area contributed by atoms with Crippen LogP contribution in [0.2, 0.25) is 0 Å². The summed E-state index contributed by atoms with van der Waals surface area (Å²) in [6, 6.07) is 0. The predicted octanol–water partition coefficient (Wildman–Crippen LogP) is 2.42. The van der Waals surface area contributed by atoms with E-state index in [1.807, 2.05) is 19.1 Å². The third-order valence-corrected chi connectivity index (χ3v) is 1.53. The minimum Gasteiger partial charge on any atom is -0.373 e. The molecule has 0 bridgehead atoms. The van der Waals surface area contributed by atoms with E-state index in [0.29, 0.717) is 0 Å². The molecule has 0 spiro atoms. The first-order chi connectivity index (χ1) is 4.76. The van der Waals surface area contributed by atoms with Crippen LogP contribution in [0.5, 0.6) is 0 Å². The number of likely N-dealkylation sites (N-methyl/N-ethyl adjacent to an activating group) is 1. The van der Waals surface area contributed by atoms with Crippen molar-refractivity contribution in [2.45, 2.75) is 20.8 Å². The Labute approximate surface area is 64.0 Å². The summed E-state index contributed by atoms with van der Waals surface area (Å²) < 4.78 is 0. The molecule has 0 saturated heterocycles. The van der Waals surface area contributed by atoms with Gasteiger partial charge in [-0.15, -0.1) is 0 Å². The Morgan fingerprint density at radius 1 is 1.40 bits per heavy atom. The van der Waals surface area contributed by atoms with E-state index >= 15 is 0 Å². The molecule has 0 fully saturated rings. The average molecular weight is 139 g/mol. The number of rotatable bonds is 4. The molecule has 0 aliphatic heterocycles. The molecule has 0 saturated carbocycles. The van der Waals surface area contributed by atoms with Crippen molar-refractivity contribution in [3.05, 3.63) is 24.4 Å². The van der Waals surface area contributed by atoms with Crippen molar-refractivity contribution >= 4 is 0 Å². The summed E-state index contributed by atoms with van der Waals surface area (Å²) >= 11 is 0. The Hall–Kier alpha value is -0.720. The van der Waals surface area contributed by atoms with Gasteiger partial charge in [0.05, 0.1) is 0 Å². The molecule has 58 valence electrons. The molecular formula is C9H17N. The molecule has 0 rings (SSSR count). The molecule has 0 atom stereocenters. The van der Waals surface area contributed by atoms with E-state index in [4.69, 9.17) is 0 Å². The molecule has 1 heteroatoms. The standard InChI is InChI=1S/C9H17N/c1-5-8-9(4)10(6-2)7-3/h5,8H,4,6-7H2,1-3H3. The first kappa shape index (κ1) is 9.28. The van der Waals surface area contributed by atoms with Gasteiger partial charge < -0.3 is 4.90 Å². The normalized spacial score (nSPS) is 10.3. The maximum Gasteiger partial charge on any atom is 0.0289 e. The molecule has 0 aliphatic carbocycles. The summed E-state index contributed by atoms with van der Waals surface area (Å²) in [7, 11) is 0. The minimum absolute atomic E-state index is 1.04. The highest BCUT2D eigenvalue weighted by atomic mass is 15.1. The predicted molar refractivity (Wildman–Crippen MR) is 46.9 cm³/mol. The van der Waals surface area contributed by atoms with Crippen LogP contribution in [0.4, 0.5) is 0 Å². The van der Waals surface area contributed by atoms with Crippen LogP contribution in [0.15, 0.2) is 24.4 Å². The first-order valence-corrected chi connectivity index (χ1v) is 3.82. The smallest absolute Gasteiger partial charge is 0.0289 e. The molecule has 10 heavy (non-hydrogen) atoms. The van der Waals surface area contributed by atoms with Gasteiger partial charge in [0, 0.05) is 18.8 Å². The van der Waals surface area contributed by atoms with Crippen molar-refractivity contribution < 1.29 is 0 Å². The summed E-state index contributed by atoms with van der Waals surface area (Å²) in [5.74, 6) is 0. The molecule has 0 aliphatic rings. The number of hydrogen-bond acceptors (Lipinski definition) is 1. The second-order valence-electron chi connectivity index (χ2n) is 2.16. The largest absolute Gasteiger partial charge is 0.373 e. The Kier molecular flexibility index (Phi) is 4.73. The second-order valence-corrected chi connectivity index (χ2v) is 2.16. The van der Waals surface area contributed by atoms with Gasteiger partial charge in [0.2, 0.25) is 0 Å². The lowest BCUT2D eigenvalue weighted by atomic mass is 10.3. The summed E-state index contributed by atoms with van der Waals surface area (Å²) in [6.45, 7) is 12.3. The van der Waals surface area contributed by atoms with Crippen LogP contribution in [0.1, 0.15) is 20.8 Å². The van der Waals surface area contributed by atoms with Crippen LogP contribution in [0.25, 0.3) is 0 Å². The SMILES string of the molecule is C=C(C=CC)N(CC)CC. The van der Waals surface area contributed by atoms with Crippen LogP contribution in [-0.4, -0.2) is 18.0 Å². The third-order valence-electron chi connectivity index (χ3n) is 1.53. The number of hydrogen-bond donors (Lipinski definition) is 0. The van der Waals surface area contributed by atoms with E-state index in [0.717, 1.165) is 18.8 Å². The second kappa shape index (κ2) is 5.10. The molecule has 0 aromatic carbocycles. The van der Waals surface area contributed by atoms with Crippen LogP contribution < -0.4 is 0 Å². The lowest BCUT2D eigenvalue weighted by Crippen LogP contribution is -2.20. The molecule has 0 heterocycles. The Morgan fingerprint density at radius 2 is 1.90 bits per heavy atom. The molecule has 1 nitrogen and oxygen atoms in total. The Morgan fingerprint density at radius 3 is 2.20 bits per heavy atom. The quantitative estimate of drug-likeness (QED) is 0.541. The number of nitrogens with zero attached hydrogens (tertiary/aromatic N) is 1. The summed E-state index contributed by atoms with van der Waals surface area (Å²) in [5, 5.41) is 0. The van der Waals surface area contributed by atoms with Crippen LogP contribution >= 0.6 is 0 Å². The van der Waals surface area contributed by atoms with Gasteiger partial charge in [-0.25, -0.2) is 0 Å². The lowest BCUT2D eigenvalue weighted by Gasteiger charge is -2.20. The number of allylic oxidation sites excluding steroid dienone is 2. The van der Waals surface area contributed by atoms with Gasteiger partial charge in [0.25, 0.3) is 0 Å². The van der Waals surface area contributed by atoms with E-state index in [2.05, 4.69) is 25.3 Å². The van der Waals surface area contributed by atoms with Gasteiger partial charge >= 0.3 is 0 Å². The third kappa shape index (κ3) is 2.72. The average Bonchev–Trinajstić information content (AvgIpc) is 1.91. The zero-order chi connectivity index (χ0) is 7.98. The van der Waals surface area contributed by atoms with Crippen LogP contribution in [-0.2, 0) is 0 Å². The zero-order valence-electron chi connectivity index (χ0n) is 7.22. The van der Waals surface area contributed by atoms with E-state index in [-0.39, 0.29) is 0 Å². The Bertz CT molecular complexity index is 121. The Balaban J connectivity index is 3.89. The summed E-state index contributed by atoms with van der Waals surface area (Å²) in [6.07, 6.45) is 4.05. The molecule has 0 aromatic heterocycles. The maximum atomic E-state index is 3.93. The van der Waals surface area contributed by atoms with Gasteiger partial charge in [0.1, 0.15) is 0 Å². The van der Waals surface area contributed by atoms with Gasteiger partial charge in [-0.3, -0.25) is 0 Å². The highest BCUT2D eigenvalue weighted by Crippen LogP contribution is 2.01. The van der Waals surface area contributed by atoms with E-state index in [1.165, 1.54) is 0 Å². The molecular weight excluding hydrogens is 122 g/mol. The van der Waals surface area contributed by atoms with E-state index in [1.54, 1.807) is 0 Å². The first-order valence-electron chi connectivity index (χ1n) is 3.82. The van der Waals surface area contributed by atoms with Gasteiger partial charge in [-0.1, -0.05) is 12.7 Å². The van der Waals surface area contributed by atoms with Crippen LogP contribution in [0.3, 0.4) is 0 Å². The van der Waals surface area contributed by atoms with Crippen molar-refractivity contribution in [3.63, 3.8) is 0 Å². The van der Waals surface area contributed by atoms with E-state index < -0.39 is 0 Å². The van der Waals surface area contributed by atoms with Crippen molar-refractivity contribution in [3.8, 4) is 0 Å². The fourth-order valence-electron chi connectivity index (χ4n) is 0.928. The van der Waals surface area contributed by atoms with Crippen molar-refractivity contribution in [2.75, 3.05) is 13.1 Å². The van der Waals surface area contributed by atoms with Gasteiger partial charge in [0.15, 0.2) is 0 Å². The monoisotopic (exact) mass is 139 g/mol. The fourth-order valence-corrected chi connectivity index (χ4v) is 0.928. The lowest BCUT2D eigenvalue weighted by molar-refractivity contribution is 0.396.